The van der Waals surface area contributed by atoms with Gasteiger partial charge in [0.25, 0.3) is 8.32 Å². The molecule has 0 bridgehead atoms. The van der Waals surface area contributed by atoms with E-state index in [2.05, 4.69) is 50.4 Å². The normalized spacial score (nSPS) is 14.4. The van der Waals surface area contributed by atoms with Gasteiger partial charge in [0.15, 0.2) is 0 Å². The maximum absolute atomic E-state index is 13.2. The molecule has 2 rings (SSSR count). The van der Waals surface area contributed by atoms with E-state index in [4.69, 9.17) is 36.7 Å². The van der Waals surface area contributed by atoms with E-state index in [0.717, 1.165) is 10.4 Å². The van der Waals surface area contributed by atoms with Gasteiger partial charge in [-0.25, -0.2) is 4.79 Å². The fraction of sp³-hybridized carbons (Fsp3) is 0.622. The largest absolute Gasteiger partial charge is 0.502 e. The first kappa shape index (κ1) is 44.5. The highest BCUT2D eigenvalue weighted by Crippen LogP contribution is 2.37. The van der Waals surface area contributed by atoms with Crippen LogP contribution in [0.5, 0.6) is 0 Å². The highest BCUT2D eigenvalue weighted by Gasteiger charge is 2.50. The molecule has 0 radical (unpaired) electrons. The third kappa shape index (κ3) is 14.0. The van der Waals surface area contributed by atoms with Gasteiger partial charge in [-0.2, -0.15) is 0 Å². The average molecular weight is 752 g/mol. The highest BCUT2D eigenvalue weighted by molar-refractivity contribution is 6.99. The van der Waals surface area contributed by atoms with Crippen LogP contribution in [0.2, 0.25) is 11.1 Å². The molecule has 51 heavy (non-hydrogen) atoms. The van der Waals surface area contributed by atoms with Crippen molar-refractivity contribution in [2.75, 3.05) is 54.5 Å². The number of hydrogen-bond acceptors (Lipinski definition) is 11. The Kier molecular flexibility index (Phi) is 18.4. The minimum atomic E-state index is -3.00. The van der Waals surface area contributed by atoms with Gasteiger partial charge in [-0.3, -0.25) is 4.79 Å². The lowest BCUT2D eigenvalue weighted by Crippen LogP contribution is -2.67. The Morgan fingerprint density at radius 3 is 1.84 bits per heavy atom. The highest BCUT2D eigenvalue weighted by atomic mass is 28.4. The number of nitrogens with one attached hydrogen (secondary N) is 1. The Balaban J connectivity index is 2.41. The average Bonchev–Trinajstić information content (AvgIpc) is 3.07. The summed E-state index contributed by atoms with van der Waals surface area (Å²) >= 11 is 0. The molecule has 2 aromatic rings. The molecule has 0 heterocycles. The van der Waals surface area contributed by atoms with Gasteiger partial charge in [0, 0.05) is 33.3 Å². The molecular formula is C37H61NO11Si2. The summed E-state index contributed by atoms with van der Waals surface area (Å²) in [6.45, 7) is 14.1. The first-order valence-electron chi connectivity index (χ1n) is 17.5. The zero-order chi connectivity index (χ0) is 38.1. The first-order chi connectivity index (χ1) is 24.1. The molecule has 1 unspecified atom stereocenters. The van der Waals surface area contributed by atoms with Crippen molar-refractivity contribution >= 4 is 39.6 Å². The molecule has 0 aliphatic carbocycles. The van der Waals surface area contributed by atoms with Crippen LogP contribution in [0.1, 0.15) is 61.3 Å². The monoisotopic (exact) mass is 751 g/mol. The van der Waals surface area contributed by atoms with Gasteiger partial charge >= 0.3 is 20.9 Å². The molecule has 0 aromatic heterocycles. The van der Waals surface area contributed by atoms with E-state index in [9.17, 15) is 14.7 Å². The minimum Gasteiger partial charge on any atom is -0.466 e. The Hall–Kier alpha value is -2.67. The fourth-order valence-electron chi connectivity index (χ4n) is 5.96. The van der Waals surface area contributed by atoms with Crippen LogP contribution in [0, 0.1) is 5.92 Å². The van der Waals surface area contributed by atoms with Gasteiger partial charge in [0.1, 0.15) is 12.4 Å². The van der Waals surface area contributed by atoms with E-state index in [0.29, 0.717) is 6.04 Å². The number of hydrogen-bond donors (Lipinski definition) is 2. The fourth-order valence-corrected chi connectivity index (χ4v) is 12.1. The number of amides is 1. The van der Waals surface area contributed by atoms with Gasteiger partial charge in [-0.05, 0) is 49.5 Å². The second-order valence-corrected chi connectivity index (χ2v) is 21.7. The van der Waals surface area contributed by atoms with E-state index in [1.165, 1.54) is 21.3 Å². The molecule has 12 nitrogen and oxygen atoms in total. The molecule has 2 N–H and O–H groups in total. The summed E-state index contributed by atoms with van der Waals surface area (Å²) in [6, 6.07) is 20.2. The maximum Gasteiger partial charge on any atom is 0.502 e. The van der Waals surface area contributed by atoms with Crippen molar-refractivity contribution in [3.63, 3.8) is 0 Å². The van der Waals surface area contributed by atoms with Crippen LogP contribution in [0.25, 0.3) is 0 Å². The lowest BCUT2D eigenvalue weighted by Gasteiger charge is -2.44. The van der Waals surface area contributed by atoms with E-state index < -0.39 is 52.8 Å². The number of rotatable bonds is 22. The number of carbonyl (C=O) groups is 2. The number of aliphatic hydroxyl groups excluding tert-OH is 1. The van der Waals surface area contributed by atoms with Crippen LogP contribution in [-0.2, 0) is 41.4 Å². The van der Waals surface area contributed by atoms with Gasteiger partial charge in [0.05, 0.1) is 45.0 Å². The van der Waals surface area contributed by atoms with E-state index >= 15 is 0 Å². The lowest BCUT2D eigenvalue weighted by atomic mass is 9.93. The van der Waals surface area contributed by atoms with Crippen molar-refractivity contribution in [1.29, 1.82) is 0 Å². The smallest absolute Gasteiger partial charge is 0.466 e. The number of benzene rings is 2. The van der Waals surface area contributed by atoms with Crippen LogP contribution < -0.4 is 15.7 Å². The zero-order valence-corrected chi connectivity index (χ0v) is 34.2. The van der Waals surface area contributed by atoms with Crippen molar-refractivity contribution < 1.29 is 51.3 Å². The quantitative estimate of drug-likeness (QED) is 0.0753. The van der Waals surface area contributed by atoms with Crippen LogP contribution in [-0.4, -0.2) is 107 Å². The third-order valence-corrected chi connectivity index (χ3v) is 16.1. The standard InChI is InChI=1S/C37H61NO11Si2/c1-11-47-34(40)25-33(39)29(26-46-28-45-22-23-50(42-8,43-9)44-10)24-30(38-35(41)49-36(2,3)4)27-48-51(37(5,6)7,31-18-14-12-15-19-31)32-20-16-13-17-21-32/h12-21,29-30,33,39H,11,22-28H2,1-10H3,(H,38,41)/t29-,30-,33?/m0/s1. The van der Waals surface area contributed by atoms with Crippen LogP contribution >= 0.6 is 0 Å². The number of aliphatic hydroxyl groups is 1. The molecule has 0 saturated carbocycles. The first-order valence-corrected chi connectivity index (χ1v) is 21.3. The van der Waals surface area contributed by atoms with Crippen LogP contribution in [0.4, 0.5) is 4.79 Å². The Morgan fingerprint density at radius 2 is 1.37 bits per heavy atom. The minimum absolute atomic E-state index is 0.0215. The molecule has 1 amide bonds. The lowest BCUT2D eigenvalue weighted by molar-refractivity contribution is -0.147. The van der Waals surface area contributed by atoms with E-state index in [1.807, 2.05) is 36.4 Å². The molecule has 288 valence electrons. The summed E-state index contributed by atoms with van der Waals surface area (Å²) in [4.78, 5) is 25.7. The van der Waals surface area contributed by atoms with Gasteiger partial charge in [-0.1, -0.05) is 81.4 Å². The summed E-state index contributed by atoms with van der Waals surface area (Å²) < 4.78 is 45.9. The molecule has 14 heteroatoms. The molecule has 3 atom stereocenters. The van der Waals surface area contributed by atoms with Crippen molar-refractivity contribution in [2.45, 2.75) is 90.1 Å². The molecule has 0 fully saturated rings. The molecule has 0 aliphatic heterocycles. The van der Waals surface area contributed by atoms with Crippen molar-refractivity contribution in [3.8, 4) is 0 Å². The second kappa shape index (κ2) is 21.1. The van der Waals surface area contributed by atoms with E-state index in [-0.39, 0.29) is 51.1 Å². The molecule has 2 aromatic carbocycles. The van der Waals surface area contributed by atoms with Gasteiger partial charge in [0.2, 0.25) is 0 Å². The Bertz CT molecular complexity index is 1240. The number of alkyl carbamates (subject to hydrolysis) is 1. The Morgan fingerprint density at radius 1 is 0.824 bits per heavy atom. The molecule has 0 aliphatic rings. The molecule has 0 spiro atoms. The topological polar surface area (TPSA) is 140 Å². The van der Waals surface area contributed by atoms with Crippen LogP contribution in [0.15, 0.2) is 60.7 Å². The van der Waals surface area contributed by atoms with Gasteiger partial charge in [-0.15, -0.1) is 0 Å². The SMILES string of the molecule is CCOC(=O)CC(O)[C@H](COCOCC[Si](OC)(OC)OC)C[C@@H](CO[Si](c1ccccc1)(c1ccccc1)C(C)(C)C)NC(=O)OC(C)(C)C. The number of carbonyl (C=O) groups excluding carboxylic acids is 2. The summed E-state index contributed by atoms with van der Waals surface area (Å²) in [5.74, 6) is -1.16. The molecular weight excluding hydrogens is 691 g/mol. The summed E-state index contributed by atoms with van der Waals surface area (Å²) in [6.07, 6.45) is -1.81. The third-order valence-electron chi connectivity index (χ3n) is 8.44. The van der Waals surface area contributed by atoms with Crippen molar-refractivity contribution in [1.82, 2.24) is 5.32 Å². The second-order valence-electron chi connectivity index (χ2n) is 14.3. The molecule has 0 saturated heterocycles. The summed E-state index contributed by atoms with van der Waals surface area (Å²) in [7, 11) is -1.22. The summed E-state index contributed by atoms with van der Waals surface area (Å²) in [5.41, 5.74) is -0.744. The summed E-state index contributed by atoms with van der Waals surface area (Å²) in [5, 5.41) is 16.2. The van der Waals surface area contributed by atoms with Crippen LogP contribution in [0.3, 0.4) is 0 Å². The maximum atomic E-state index is 13.2. The predicted octanol–water partition coefficient (Wildman–Crippen LogP) is 4.65. The van der Waals surface area contributed by atoms with E-state index in [1.54, 1.807) is 27.7 Å². The number of esters is 1. The predicted molar refractivity (Wildman–Crippen MR) is 200 cm³/mol. The van der Waals surface area contributed by atoms with Crippen molar-refractivity contribution in [2.24, 2.45) is 5.92 Å². The van der Waals surface area contributed by atoms with Crippen molar-refractivity contribution in [3.05, 3.63) is 60.7 Å². The Labute approximate surface area is 306 Å². The zero-order valence-electron chi connectivity index (χ0n) is 32.2. The van der Waals surface area contributed by atoms with Gasteiger partial charge < -0.3 is 47.1 Å². The number of ether oxygens (including phenoxy) is 4.